The lowest BCUT2D eigenvalue weighted by atomic mass is 10.5. The van der Waals surface area contributed by atoms with Gasteiger partial charge in [-0.25, -0.2) is 19.4 Å². The Morgan fingerprint density at radius 1 is 1.40 bits per heavy atom. The van der Waals surface area contributed by atoms with Crippen LogP contribution in [-0.4, -0.2) is 24.3 Å². The molecule has 0 spiro atoms. The van der Waals surface area contributed by atoms with E-state index in [0.717, 1.165) is 12.4 Å². The molecule has 0 atom stereocenters. The molecule has 0 aromatic carbocycles. The van der Waals surface area contributed by atoms with Crippen LogP contribution in [0.4, 0.5) is 0 Å². The molecule has 0 saturated carbocycles. The average molecular weight is 205 g/mol. The van der Waals surface area contributed by atoms with Crippen LogP contribution in [0.15, 0.2) is 29.6 Å². The van der Waals surface area contributed by atoms with Crippen LogP contribution >= 0.6 is 0 Å². The first-order valence-corrected chi connectivity index (χ1v) is 4.69. The van der Waals surface area contributed by atoms with Crippen LogP contribution in [0.3, 0.4) is 0 Å². The minimum absolute atomic E-state index is 0.275. The van der Waals surface area contributed by atoms with E-state index in [9.17, 15) is 4.79 Å². The van der Waals surface area contributed by atoms with Crippen molar-refractivity contribution in [2.24, 2.45) is 0 Å². The van der Waals surface area contributed by atoms with E-state index in [-0.39, 0.29) is 5.69 Å². The van der Waals surface area contributed by atoms with Gasteiger partial charge in [0.1, 0.15) is 12.2 Å². The number of hydrogen-bond acceptors (Lipinski definition) is 4. The zero-order valence-electron chi connectivity index (χ0n) is 8.37. The van der Waals surface area contributed by atoms with Gasteiger partial charge in [0.05, 0.1) is 6.54 Å². The first-order chi connectivity index (χ1) is 7.31. The van der Waals surface area contributed by atoms with Crippen LogP contribution in [-0.2, 0) is 13.1 Å². The molecule has 0 unspecified atom stereocenters. The van der Waals surface area contributed by atoms with Crippen LogP contribution in [0.25, 0.3) is 0 Å². The lowest BCUT2D eigenvalue weighted by Gasteiger charge is -2.04. The predicted octanol–water partition coefficient (Wildman–Crippen LogP) is -0.0970. The van der Waals surface area contributed by atoms with Gasteiger partial charge in [-0.3, -0.25) is 4.57 Å². The second kappa shape index (κ2) is 4.04. The SMILES string of the molecule is CCn1ncnc1Cn1cccnc1=O. The highest BCUT2D eigenvalue weighted by Gasteiger charge is 2.04. The average Bonchev–Trinajstić information content (AvgIpc) is 2.69. The molecule has 2 heterocycles. The number of rotatable bonds is 3. The minimum atomic E-state index is -0.275. The van der Waals surface area contributed by atoms with Gasteiger partial charge in [-0.2, -0.15) is 5.10 Å². The maximum atomic E-state index is 11.3. The van der Waals surface area contributed by atoms with Gasteiger partial charge in [0, 0.05) is 18.9 Å². The van der Waals surface area contributed by atoms with Crippen LogP contribution in [0.2, 0.25) is 0 Å². The lowest BCUT2D eigenvalue weighted by molar-refractivity contribution is 0.580. The highest BCUT2D eigenvalue weighted by atomic mass is 16.1. The Kier molecular flexibility index (Phi) is 2.57. The molecule has 6 nitrogen and oxygen atoms in total. The van der Waals surface area contributed by atoms with E-state index in [2.05, 4.69) is 15.1 Å². The fourth-order valence-corrected chi connectivity index (χ4v) is 1.33. The fraction of sp³-hybridized carbons (Fsp3) is 0.333. The van der Waals surface area contributed by atoms with Crippen LogP contribution in [0.1, 0.15) is 12.7 Å². The van der Waals surface area contributed by atoms with Crippen LogP contribution in [0, 0.1) is 0 Å². The molecule has 2 aromatic rings. The third-order valence-corrected chi connectivity index (χ3v) is 2.09. The summed E-state index contributed by atoms with van der Waals surface area (Å²) in [7, 11) is 0. The Bertz CT molecular complexity index is 501. The summed E-state index contributed by atoms with van der Waals surface area (Å²) in [5, 5.41) is 4.03. The molecule has 6 heteroatoms. The van der Waals surface area contributed by atoms with Crippen molar-refractivity contribution in [2.75, 3.05) is 0 Å². The molecule has 78 valence electrons. The molecule has 0 radical (unpaired) electrons. The maximum absolute atomic E-state index is 11.3. The van der Waals surface area contributed by atoms with Gasteiger partial charge < -0.3 is 0 Å². The van der Waals surface area contributed by atoms with Gasteiger partial charge in [0.15, 0.2) is 0 Å². The summed E-state index contributed by atoms with van der Waals surface area (Å²) in [6.45, 7) is 3.12. The summed E-state index contributed by atoms with van der Waals surface area (Å²) in [5.74, 6) is 0.757. The van der Waals surface area contributed by atoms with E-state index in [1.165, 1.54) is 17.1 Å². The van der Waals surface area contributed by atoms with Crippen molar-refractivity contribution in [3.05, 3.63) is 41.1 Å². The summed E-state index contributed by atoms with van der Waals surface area (Å²) in [5.41, 5.74) is -0.275. The Morgan fingerprint density at radius 3 is 3.00 bits per heavy atom. The molecule has 0 fully saturated rings. The molecule has 0 aliphatic rings. The van der Waals surface area contributed by atoms with Crippen LogP contribution in [0.5, 0.6) is 0 Å². The first-order valence-electron chi connectivity index (χ1n) is 4.69. The summed E-state index contributed by atoms with van der Waals surface area (Å²) in [4.78, 5) is 19.1. The first kappa shape index (κ1) is 9.57. The topological polar surface area (TPSA) is 65.6 Å². The second-order valence-electron chi connectivity index (χ2n) is 3.02. The molecular formula is C9H11N5O. The Hall–Kier alpha value is -1.98. The van der Waals surface area contributed by atoms with Crippen molar-refractivity contribution in [1.82, 2.24) is 24.3 Å². The van der Waals surface area contributed by atoms with Crippen molar-refractivity contribution in [3.63, 3.8) is 0 Å². The number of aromatic nitrogens is 5. The molecule has 0 N–H and O–H groups in total. The molecule has 0 aliphatic carbocycles. The molecule has 0 amide bonds. The normalized spacial score (nSPS) is 10.5. The maximum Gasteiger partial charge on any atom is 0.347 e. The standard InChI is InChI=1S/C9H11N5O/c1-2-14-8(11-7-12-14)6-13-5-3-4-10-9(13)15/h3-5,7H,2,6H2,1H3. The second-order valence-corrected chi connectivity index (χ2v) is 3.02. The number of hydrogen-bond donors (Lipinski definition) is 0. The lowest BCUT2D eigenvalue weighted by Crippen LogP contribution is -2.23. The third kappa shape index (κ3) is 1.93. The van der Waals surface area contributed by atoms with E-state index in [4.69, 9.17) is 0 Å². The zero-order chi connectivity index (χ0) is 10.7. The van der Waals surface area contributed by atoms with Gasteiger partial charge in [0.2, 0.25) is 0 Å². The van der Waals surface area contributed by atoms with Gasteiger partial charge in [-0.05, 0) is 13.0 Å². The van der Waals surface area contributed by atoms with E-state index in [0.29, 0.717) is 6.54 Å². The quantitative estimate of drug-likeness (QED) is 0.702. The van der Waals surface area contributed by atoms with Gasteiger partial charge >= 0.3 is 5.69 Å². The van der Waals surface area contributed by atoms with E-state index in [1.54, 1.807) is 16.9 Å². The van der Waals surface area contributed by atoms with Crippen molar-refractivity contribution >= 4 is 0 Å². The monoisotopic (exact) mass is 205 g/mol. The van der Waals surface area contributed by atoms with Crippen molar-refractivity contribution in [3.8, 4) is 0 Å². The number of aryl methyl sites for hydroxylation is 1. The zero-order valence-corrected chi connectivity index (χ0v) is 8.37. The third-order valence-electron chi connectivity index (χ3n) is 2.09. The minimum Gasteiger partial charge on any atom is -0.292 e. The van der Waals surface area contributed by atoms with Crippen LogP contribution < -0.4 is 5.69 Å². The molecule has 2 aromatic heterocycles. The summed E-state index contributed by atoms with van der Waals surface area (Å²) < 4.78 is 3.25. The highest BCUT2D eigenvalue weighted by Crippen LogP contribution is 1.95. The summed E-state index contributed by atoms with van der Waals surface area (Å²) >= 11 is 0. The van der Waals surface area contributed by atoms with E-state index in [1.807, 2.05) is 6.92 Å². The van der Waals surface area contributed by atoms with Gasteiger partial charge in [-0.15, -0.1) is 0 Å². The largest absolute Gasteiger partial charge is 0.347 e. The molecule has 15 heavy (non-hydrogen) atoms. The van der Waals surface area contributed by atoms with Crippen molar-refractivity contribution < 1.29 is 0 Å². The Labute approximate surface area is 86.2 Å². The molecule has 0 saturated heterocycles. The number of nitrogens with zero attached hydrogens (tertiary/aromatic N) is 5. The molecule has 2 rings (SSSR count). The highest BCUT2D eigenvalue weighted by molar-refractivity contribution is 4.89. The van der Waals surface area contributed by atoms with Crippen molar-refractivity contribution in [1.29, 1.82) is 0 Å². The van der Waals surface area contributed by atoms with E-state index < -0.39 is 0 Å². The molecular weight excluding hydrogens is 194 g/mol. The van der Waals surface area contributed by atoms with Gasteiger partial charge in [-0.1, -0.05) is 0 Å². The fourth-order valence-electron chi connectivity index (χ4n) is 1.33. The smallest absolute Gasteiger partial charge is 0.292 e. The van der Waals surface area contributed by atoms with E-state index >= 15 is 0 Å². The molecule has 0 bridgehead atoms. The summed E-state index contributed by atoms with van der Waals surface area (Å²) in [6.07, 6.45) is 4.65. The Balaban J connectivity index is 2.30. The van der Waals surface area contributed by atoms with Gasteiger partial charge in [0.25, 0.3) is 0 Å². The molecule has 0 aliphatic heterocycles. The Morgan fingerprint density at radius 2 is 2.27 bits per heavy atom. The predicted molar refractivity (Wildman–Crippen MR) is 53.3 cm³/mol. The summed E-state index contributed by atoms with van der Waals surface area (Å²) in [6, 6.07) is 1.72. The van der Waals surface area contributed by atoms with Crippen molar-refractivity contribution in [2.45, 2.75) is 20.0 Å².